The lowest BCUT2D eigenvalue weighted by Crippen LogP contribution is -2.04. The highest BCUT2D eigenvalue weighted by Gasteiger charge is 2.22. The number of nitrogens with zero attached hydrogens (tertiary/aromatic N) is 2. The first kappa shape index (κ1) is 12.0. The molecule has 18 heavy (non-hydrogen) atoms. The number of hydrogen-bond acceptors (Lipinski definition) is 5. The minimum Gasteiger partial charge on any atom is -0.360 e. The third-order valence-corrected chi connectivity index (χ3v) is 2.44. The Labute approximate surface area is 104 Å². The lowest BCUT2D eigenvalue weighted by atomic mass is 10.0. The van der Waals surface area contributed by atoms with Gasteiger partial charge in [0.25, 0.3) is 0 Å². The summed E-state index contributed by atoms with van der Waals surface area (Å²) in [6.07, 6.45) is 6.98. The van der Waals surface area contributed by atoms with E-state index in [4.69, 9.17) is 9.05 Å². The molecular formula is C13H12N2O3. The molecule has 0 N–H and O–H groups in total. The van der Waals surface area contributed by atoms with E-state index in [2.05, 4.69) is 23.5 Å². The first-order valence-electron chi connectivity index (χ1n) is 5.41. The molecule has 92 valence electrons. The van der Waals surface area contributed by atoms with Gasteiger partial charge in [-0.1, -0.05) is 22.5 Å². The molecule has 0 spiro atoms. The summed E-state index contributed by atoms with van der Waals surface area (Å²) in [5, 5.41) is 7.27. The molecule has 0 radical (unpaired) electrons. The molecule has 5 heteroatoms. The minimum absolute atomic E-state index is 0.216. The Hall–Kier alpha value is -2.43. The maximum Gasteiger partial charge on any atom is 0.203 e. The van der Waals surface area contributed by atoms with E-state index in [-0.39, 0.29) is 5.78 Å². The average Bonchev–Trinajstić information content (AvgIpc) is 2.98. The summed E-state index contributed by atoms with van der Waals surface area (Å²) in [5.41, 5.74) is 0.812. The summed E-state index contributed by atoms with van der Waals surface area (Å²) in [5.74, 6) is 0.757. The zero-order chi connectivity index (χ0) is 13.0. The van der Waals surface area contributed by atoms with Crippen LogP contribution in [0.4, 0.5) is 0 Å². The Morgan fingerprint density at radius 3 is 1.89 bits per heavy atom. The SMILES string of the molecule is C=CCc1oncc1C(=O)c1cnoc1CC=C. The van der Waals surface area contributed by atoms with Crippen molar-refractivity contribution >= 4 is 5.78 Å². The molecule has 0 aromatic carbocycles. The van der Waals surface area contributed by atoms with Crippen LogP contribution in [0.5, 0.6) is 0 Å². The molecule has 0 aliphatic carbocycles. The van der Waals surface area contributed by atoms with E-state index in [1.165, 1.54) is 12.4 Å². The number of hydrogen-bond donors (Lipinski definition) is 0. The molecule has 0 atom stereocenters. The van der Waals surface area contributed by atoms with Crippen molar-refractivity contribution in [3.05, 3.63) is 60.4 Å². The van der Waals surface area contributed by atoms with E-state index in [0.717, 1.165) is 0 Å². The summed E-state index contributed by atoms with van der Waals surface area (Å²) in [4.78, 5) is 12.3. The van der Waals surface area contributed by atoms with Gasteiger partial charge in [0.1, 0.15) is 0 Å². The van der Waals surface area contributed by atoms with Crippen molar-refractivity contribution in [2.75, 3.05) is 0 Å². The van der Waals surface area contributed by atoms with Crippen molar-refractivity contribution in [2.45, 2.75) is 12.8 Å². The van der Waals surface area contributed by atoms with Crippen LogP contribution in [-0.2, 0) is 12.8 Å². The lowest BCUT2D eigenvalue weighted by Gasteiger charge is -1.97. The third kappa shape index (κ3) is 2.15. The van der Waals surface area contributed by atoms with Crippen LogP contribution < -0.4 is 0 Å². The van der Waals surface area contributed by atoms with Gasteiger partial charge >= 0.3 is 0 Å². The summed E-state index contributed by atoms with van der Waals surface area (Å²) < 4.78 is 10.0. The lowest BCUT2D eigenvalue weighted by molar-refractivity contribution is 0.103. The van der Waals surface area contributed by atoms with Gasteiger partial charge in [-0.05, 0) is 0 Å². The number of carbonyl (C=O) groups excluding carboxylic acids is 1. The van der Waals surface area contributed by atoms with Crippen LogP contribution in [0.1, 0.15) is 27.4 Å². The molecule has 2 heterocycles. The van der Waals surface area contributed by atoms with Crippen molar-refractivity contribution in [3.63, 3.8) is 0 Å². The number of aromatic nitrogens is 2. The Balaban J connectivity index is 2.35. The zero-order valence-corrected chi connectivity index (χ0v) is 9.76. The number of carbonyl (C=O) groups is 1. The smallest absolute Gasteiger partial charge is 0.203 e. The maximum atomic E-state index is 12.3. The minimum atomic E-state index is -0.216. The molecule has 2 aromatic rings. The predicted molar refractivity (Wildman–Crippen MR) is 64.2 cm³/mol. The fourth-order valence-electron chi connectivity index (χ4n) is 1.60. The van der Waals surface area contributed by atoms with Crippen LogP contribution in [0, 0.1) is 0 Å². The Morgan fingerprint density at radius 1 is 1.06 bits per heavy atom. The van der Waals surface area contributed by atoms with Gasteiger partial charge in [-0.3, -0.25) is 4.79 Å². The Bertz CT molecular complexity index is 530. The van der Waals surface area contributed by atoms with Crippen LogP contribution >= 0.6 is 0 Å². The Kier molecular flexibility index (Phi) is 3.52. The fraction of sp³-hybridized carbons (Fsp3) is 0.154. The molecule has 0 saturated heterocycles. The van der Waals surface area contributed by atoms with Crippen molar-refractivity contribution in [2.24, 2.45) is 0 Å². The molecule has 0 unspecified atom stereocenters. The maximum absolute atomic E-state index is 12.3. The first-order chi connectivity index (χ1) is 8.77. The van der Waals surface area contributed by atoms with Gasteiger partial charge in [0.05, 0.1) is 23.5 Å². The van der Waals surface area contributed by atoms with E-state index >= 15 is 0 Å². The first-order valence-corrected chi connectivity index (χ1v) is 5.41. The standard InChI is InChI=1S/C13H12N2O3/c1-3-5-11-9(7-14-17-11)13(16)10-8-15-18-12(10)6-4-2/h3-4,7-8H,1-2,5-6H2. The second kappa shape index (κ2) is 5.27. The largest absolute Gasteiger partial charge is 0.360 e. The average molecular weight is 244 g/mol. The molecule has 2 rings (SSSR count). The number of rotatable bonds is 6. The van der Waals surface area contributed by atoms with Gasteiger partial charge in [0.2, 0.25) is 5.78 Å². The summed E-state index contributed by atoms with van der Waals surface area (Å²) in [7, 11) is 0. The third-order valence-electron chi connectivity index (χ3n) is 2.44. The van der Waals surface area contributed by atoms with E-state index in [9.17, 15) is 4.79 Å². The van der Waals surface area contributed by atoms with Gasteiger partial charge in [0, 0.05) is 12.8 Å². The van der Waals surface area contributed by atoms with Crippen molar-refractivity contribution in [1.29, 1.82) is 0 Å². The highest BCUT2D eigenvalue weighted by atomic mass is 16.5. The molecule has 0 saturated carbocycles. The molecule has 0 bridgehead atoms. The predicted octanol–water partition coefficient (Wildman–Crippen LogP) is 2.35. The van der Waals surface area contributed by atoms with Crippen molar-refractivity contribution in [1.82, 2.24) is 10.3 Å². The second-order valence-corrected chi connectivity index (χ2v) is 3.64. The van der Waals surface area contributed by atoms with Crippen LogP contribution in [0.15, 0.2) is 46.7 Å². The monoisotopic (exact) mass is 244 g/mol. The molecule has 0 amide bonds. The molecule has 5 nitrogen and oxygen atoms in total. The van der Waals surface area contributed by atoms with Crippen LogP contribution in [0.3, 0.4) is 0 Å². The topological polar surface area (TPSA) is 69.1 Å². The van der Waals surface area contributed by atoms with Gasteiger partial charge in [-0.2, -0.15) is 0 Å². The molecular weight excluding hydrogens is 232 g/mol. The second-order valence-electron chi connectivity index (χ2n) is 3.64. The molecule has 0 fully saturated rings. The van der Waals surface area contributed by atoms with E-state index in [1.54, 1.807) is 12.2 Å². The van der Waals surface area contributed by atoms with Crippen LogP contribution in [-0.4, -0.2) is 16.1 Å². The van der Waals surface area contributed by atoms with Crippen LogP contribution in [0.2, 0.25) is 0 Å². The summed E-state index contributed by atoms with van der Waals surface area (Å²) in [6.45, 7) is 7.21. The molecule has 2 aromatic heterocycles. The normalized spacial score (nSPS) is 10.2. The van der Waals surface area contributed by atoms with Gasteiger partial charge in [-0.15, -0.1) is 13.2 Å². The van der Waals surface area contributed by atoms with Crippen molar-refractivity contribution in [3.8, 4) is 0 Å². The van der Waals surface area contributed by atoms with E-state index in [1.807, 2.05) is 0 Å². The van der Waals surface area contributed by atoms with Gasteiger partial charge in [0.15, 0.2) is 11.5 Å². The highest BCUT2D eigenvalue weighted by Crippen LogP contribution is 2.18. The van der Waals surface area contributed by atoms with Gasteiger partial charge in [-0.25, -0.2) is 0 Å². The van der Waals surface area contributed by atoms with Crippen molar-refractivity contribution < 1.29 is 13.8 Å². The fourth-order valence-corrected chi connectivity index (χ4v) is 1.60. The summed E-state index contributed by atoms with van der Waals surface area (Å²) in [6, 6.07) is 0. The van der Waals surface area contributed by atoms with Gasteiger partial charge < -0.3 is 9.05 Å². The summed E-state index contributed by atoms with van der Waals surface area (Å²) >= 11 is 0. The zero-order valence-electron chi connectivity index (χ0n) is 9.76. The van der Waals surface area contributed by atoms with E-state index in [0.29, 0.717) is 35.5 Å². The molecule has 0 aliphatic rings. The Morgan fingerprint density at radius 2 is 1.50 bits per heavy atom. The highest BCUT2D eigenvalue weighted by molar-refractivity contribution is 6.09. The number of allylic oxidation sites excluding steroid dienone is 2. The van der Waals surface area contributed by atoms with Crippen LogP contribution in [0.25, 0.3) is 0 Å². The quantitative estimate of drug-likeness (QED) is 0.576. The van der Waals surface area contributed by atoms with E-state index < -0.39 is 0 Å². The molecule has 0 aliphatic heterocycles. The number of ketones is 1.